The zero-order valence-electron chi connectivity index (χ0n) is 11.2. The summed E-state index contributed by atoms with van der Waals surface area (Å²) in [6.07, 6.45) is 1.84. The highest BCUT2D eigenvalue weighted by molar-refractivity contribution is 5.73. The van der Waals surface area contributed by atoms with Crippen molar-refractivity contribution in [1.29, 1.82) is 0 Å². The molecule has 0 aromatic carbocycles. The van der Waals surface area contributed by atoms with Gasteiger partial charge in [0.25, 0.3) is 0 Å². The van der Waals surface area contributed by atoms with Gasteiger partial charge in [-0.05, 0) is 6.42 Å². The molecule has 2 N–H and O–H groups in total. The van der Waals surface area contributed by atoms with E-state index in [-0.39, 0.29) is 23.4 Å². The summed E-state index contributed by atoms with van der Waals surface area (Å²) in [4.78, 5) is 33.0. The second-order valence-electron chi connectivity index (χ2n) is 4.54. The first-order chi connectivity index (χ1) is 9.49. The van der Waals surface area contributed by atoms with Crippen molar-refractivity contribution in [3.63, 3.8) is 0 Å². The molecule has 1 aliphatic rings. The summed E-state index contributed by atoms with van der Waals surface area (Å²) < 4.78 is 0. The molecule has 1 aliphatic heterocycles. The van der Waals surface area contributed by atoms with Crippen molar-refractivity contribution in [3.8, 4) is 0 Å². The fraction of sp³-hybridized carbons (Fsp3) is 0.545. The average molecular weight is 280 g/mol. The molecule has 2 heterocycles. The van der Waals surface area contributed by atoms with E-state index in [1.54, 1.807) is 9.80 Å². The molecule has 0 unspecified atom stereocenters. The SMILES string of the molecule is CC(=O)N1CCCN(c2nc(N)ncc2[N+](=O)[O-])CC1. The molecular formula is C11H16N6O3. The first-order valence-corrected chi connectivity index (χ1v) is 6.26. The van der Waals surface area contributed by atoms with E-state index in [1.165, 1.54) is 6.92 Å². The molecule has 1 aromatic heterocycles. The number of carbonyl (C=O) groups is 1. The van der Waals surface area contributed by atoms with Gasteiger partial charge >= 0.3 is 5.69 Å². The van der Waals surface area contributed by atoms with Crippen LogP contribution in [0.3, 0.4) is 0 Å². The number of nitrogen functional groups attached to an aromatic ring is 1. The Morgan fingerprint density at radius 2 is 2.15 bits per heavy atom. The summed E-state index contributed by atoms with van der Waals surface area (Å²) in [5.41, 5.74) is 5.34. The first-order valence-electron chi connectivity index (χ1n) is 6.26. The maximum absolute atomic E-state index is 11.4. The summed E-state index contributed by atoms with van der Waals surface area (Å²) >= 11 is 0. The maximum atomic E-state index is 11.4. The van der Waals surface area contributed by atoms with Crippen LogP contribution < -0.4 is 10.6 Å². The van der Waals surface area contributed by atoms with Gasteiger partial charge in [-0.15, -0.1) is 0 Å². The molecule has 0 bridgehead atoms. The van der Waals surface area contributed by atoms with Gasteiger partial charge in [-0.25, -0.2) is 4.98 Å². The molecule has 1 fully saturated rings. The van der Waals surface area contributed by atoms with Gasteiger partial charge in [-0.2, -0.15) is 4.98 Å². The van der Waals surface area contributed by atoms with E-state index in [1.807, 2.05) is 0 Å². The summed E-state index contributed by atoms with van der Waals surface area (Å²) in [5.74, 6) is 0.217. The maximum Gasteiger partial charge on any atom is 0.329 e. The summed E-state index contributed by atoms with van der Waals surface area (Å²) in [7, 11) is 0. The van der Waals surface area contributed by atoms with E-state index in [4.69, 9.17) is 5.73 Å². The second-order valence-corrected chi connectivity index (χ2v) is 4.54. The minimum Gasteiger partial charge on any atom is -0.368 e. The lowest BCUT2D eigenvalue weighted by atomic mass is 10.3. The first kappa shape index (κ1) is 14.0. The Bertz CT molecular complexity index is 535. The van der Waals surface area contributed by atoms with Crippen LogP contribution in [-0.2, 0) is 4.79 Å². The zero-order valence-corrected chi connectivity index (χ0v) is 11.2. The van der Waals surface area contributed by atoms with Crippen LogP contribution in [0.15, 0.2) is 6.20 Å². The van der Waals surface area contributed by atoms with E-state index in [9.17, 15) is 14.9 Å². The van der Waals surface area contributed by atoms with Crippen molar-refractivity contribution < 1.29 is 9.72 Å². The predicted octanol–water partition coefficient (Wildman–Crippen LogP) is 0.0256. The smallest absolute Gasteiger partial charge is 0.329 e. The molecule has 108 valence electrons. The normalized spacial score (nSPS) is 15.8. The number of hydrogen-bond acceptors (Lipinski definition) is 7. The molecule has 1 aromatic rings. The number of nitro groups is 1. The van der Waals surface area contributed by atoms with Gasteiger partial charge < -0.3 is 15.5 Å². The fourth-order valence-electron chi connectivity index (χ4n) is 2.19. The van der Waals surface area contributed by atoms with Gasteiger partial charge in [0, 0.05) is 33.1 Å². The van der Waals surface area contributed by atoms with E-state index in [0.717, 1.165) is 12.6 Å². The molecule has 9 nitrogen and oxygen atoms in total. The van der Waals surface area contributed by atoms with Crippen LogP contribution in [0.1, 0.15) is 13.3 Å². The summed E-state index contributed by atoms with van der Waals surface area (Å²) in [6, 6.07) is 0. The molecular weight excluding hydrogens is 264 g/mol. The summed E-state index contributed by atoms with van der Waals surface area (Å²) in [5, 5.41) is 11.0. The third-order valence-electron chi connectivity index (χ3n) is 3.21. The van der Waals surface area contributed by atoms with Gasteiger partial charge in [0.1, 0.15) is 6.20 Å². The monoisotopic (exact) mass is 280 g/mol. The quantitative estimate of drug-likeness (QED) is 0.599. The zero-order chi connectivity index (χ0) is 14.7. The Balaban J connectivity index is 2.25. The van der Waals surface area contributed by atoms with Gasteiger partial charge in [0.2, 0.25) is 17.7 Å². The minimum absolute atomic E-state index is 0.00160. The van der Waals surface area contributed by atoms with E-state index in [0.29, 0.717) is 26.2 Å². The Hall–Kier alpha value is -2.45. The minimum atomic E-state index is -0.525. The molecule has 9 heteroatoms. The van der Waals surface area contributed by atoms with E-state index in [2.05, 4.69) is 9.97 Å². The number of carbonyl (C=O) groups excluding carboxylic acids is 1. The molecule has 0 saturated carbocycles. The van der Waals surface area contributed by atoms with E-state index < -0.39 is 4.92 Å². The van der Waals surface area contributed by atoms with Crippen LogP contribution in [0.2, 0.25) is 0 Å². The van der Waals surface area contributed by atoms with Crippen molar-refractivity contribution in [3.05, 3.63) is 16.3 Å². The molecule has 20 heavy (non-hydrogen) atoms. The lowest BCUT2D eigenvalue weighted by molar-refractivity contribution is -0.384. The third kappa shape index (κ3) is 2.92. The van der Waals surface area contributed by atoms with Gasteiger partial charge in [-0.3, -0.25) is 14.9 Å². The number of nitrogens with two attached hydrogens (primary N) is 1. The Morgan fingerprint density at radius 3 is 2.80 bits per heavy atom. The third-order valence-corrected chi connectivity index (χ3v) is 3.21. The number of hydrogen-bond donors (Lipinski definition) is 1. The lowest BCUT2D eigenvalue weighted by Gasteiger charge is -2.21. The number of amides is 1. The molecule has 0 aliphatic carbocycles. The topological polar surface area (TPSA) is 118 Å². The number of rotatable bonds is 2. The fourth-order valence-corrected chi connectivity index (χ4v) is 2.19. The molecule has 0 spiro atoms. The lowest BCUT2D eigenvalue weighted by Crippen LogP contribution is -2.34. The van der Waals surface area contributed by atoms with Gasteiger partial charge in [0.05, 0.1) is 4.92 Å². The van der Waals surface area contributed by atoms with Crippen LogP contribution in [0.5, 0.6) is 0 Å². The highest BCUT2D eigenvalue weighted by atomic mass is 16.6. The standard InChI is InChI=1S/C11H16N6O3/c1-8(18)15-3-2-4-16(6-5-15)10-9(17(19)20)7-13-11(12)14-10/h7H,2-6H2,1H3,(H2,12,13,14). The van der Waals surface area contributed by atoms with Crippen molar-refractivity contribution in [2.45, 2.75) is 13.3 Å². The highest BCUT2D eigenvalue weighted by Gasteiger charge is 2.25. The van der Waals surface area contributed by atoms with E-state index >= 15 is 0 Å². The van der Waals surface area contributed by atoms with Crippen molar-refractivity contribution in [2.24, 2.45) is 0 Å². The molecule has 2 rings (SSSR count). The molecule has 1 saturated heterocycles. The average Bonchev–Trinajstić information content (AvgIpc) is 2.63. The highest BCUT2D eigenvalue weighted by Crippen LogP contribution is 2.26. The largest absolute Gasteiger partial charge is 0.368 e. The predicted molar refractivity (Wildman–Crippen MR) is 72.2 cm³/mol. The molecule has 0 radical (unpaired) electrons. The number of nitrogens with zero attached hydrogens (tertiary/aromatic N) is 5. The summed E-state index contributed by atoms with van der Waals surface area (Å²) in [6.45, 7) is 3.73. The Morgan fingerprint density at radius 1 is 1.40 bits per heavy atom. The van der Waals surface area contributed by atoms with Crippen LogP contribution in [0.25, 0.3) is 0 Å². The number of anilines is 2. The van der Waals surface area contributed by atoms with Gasteiger partial charge in [-0.1, -0.05) is 0 Å². The van der Waals surface area contributed by atoms with Crippen molar-refractivity contribution >= 4 is 23.4 Å². The van der Waals surface area contributed by atoms with Crippen molar-refractivity contribution in [2.75, 3.05) is 36.8 Å². The molecule has 0 atom stereocenters. The van der Waals surface area contributed by atoms with Gasteiger partial charge in [0.15, 0.2) is 0 Å². The Kier molecular flexibility index (Phi) is 3.97. The van der Waals surface area contributed by atoms with Crippen molar-refractivity contribution in [1.82, 2.24) is 14.9 Å². The van der Waals surface area contributed by atoms with Crippen LogP contribution in [0.4, 0.5) is 17.5 Å². The molecule has 1 amide bonds. The Labute approximate surface area is 115 Å². The number of aromatic nitrogens is 2. The van der Waals surface area contributed by atoms with Crippen LogP contribution in [-0.4, -0.2) is 51.9 Å². The second kappa shape index (κ2) is 5.68. The van der Waals surface area contributed by atoms with Crippen LogP contribution >= 0.6 is 0 Å². The van der Waals surface area contributed by atoms with Crippen LogP contribution in [0, 0.1) is 10.1 Å².